The predicted molar refractivity (Wildman–Crippen MR) is 76.0 cm³/mol. The van der Waals surface area contributed by atoms with Crippen molar-refractivity contribution in [2.45, 2.75) is 64.3 Å². The topological polar surface area (TPSA) is 58.7 Å². The van der Waals surface area contributed by atoms with Gasteiger partial charge in [0.05, 0.1) is 0 Å². The van der Waals surface area contributed by atoms with E-state index >= 15 is 0 Å². The van der Waals surface area contributed by atoms with Crippen LogP contribution in [0.2, 0.25) is 0 Å². The van der Waals surface area contributed by atoms with Crippen LogP contribution in [0.3, 0.4) is 0 Å². The summed E-state index contributed by atoms with van der Waals surface area (Å²) in [5.74, 6) is 1.27. The number of hydrogen-bond acceptors (Lipinski definition) is 2. The summed E-state index contributed by atoms with van der Waals surface area (Å²) in [7, 11) is 0. The highest BCUT2D eigenvalue weighted by atomic mass is 16.2. The number of rotatable bonds is 2. The predicted octanol–water partition coefficient (Wildman–Crippen LogP) is 2.92. The van der Waals surface area contributed by atoms with Gasteiger partial charge in [-0.05, 0) is 49.9 Å². The van der Waals surface area contributed by atoms with Gasteiger partial charge in [-0.15, -0.1) is 0 Å². The zero-order valence-electron chi connectivity index (χ0n) is 12.1. The normalized spacial score (nSPS) is 34.5. The van der Waals surface area contributed by atoms with E-state index in [0.717, 1.165) is 32.2 Å². The summed E-state index contributed by atoms with van der Waals surface area (Å²) in [4.78, 5) is 18.3. The van der Waals surface area contributed by atoms with E-state index in [1.165, 1.54) is 19.3 Å². The maximum absolute atomic E-state index is 12.2. The van der Waals surface area contributed by atoms with Crippen molar-refractivity contribution in [3.05, 3.63) is 0 Å². The van der Waals surface area contributed by atoms with Crippen molar-refractivity contribution >= 4 is 11.9 Å². The Bertz CT molecular complexity index is 425. The summed E-state index contributed by atoms with van der Waals surface area (Å²) >= 11 is 0. The zero-order valence-corrected chi connectivity index (χ0v) is 12.1. The number of nitrogens with two attached hydrogens (primary N) is 1. The molecule has 1 spiro atoms. The van der Waals surface area contributed by atoms with Gasteiger partial charge in [-0.25, -0.2) is 4.79 Å². The van der Waals surface area contributed by atoms with Gasteiger partial charge in [0.15, 0.2) is 0 Å². The Morgan fingerprint density at radius 2 is 2.00 bits per heavy atom. The van der Waals surface area contributed by atoms with E-state index in [4.69, 9.17) is 5.73 Å². The Kier molecular flexibility index (Phi) is 2.88. The maximum Gasteiger partial charge on any atom is 0.346 e. The molecule has 3 aliphatic rings. The van der Waals surface area contributed by atoms with E-state index in [1.54, 1.807) is 0 Å². The molecule has 2 N–H and O–H groups in total. The van der Waals surface area contributed by atoms with Gasteiger partial charge >= 0.3 is 6.03 Å². The van der Waals surface area contributed by atoms with Gasteiger partial charge in [0.1, 0.15) is 11.4 Å². The Morgan fingerprint density at radius 1 is 1.26 bits per heavy atom. The minimum atomic E-state index is -0.257. The van der Waals surface area contributed by atoms with E-state index < -0.39 is 0 Å². The van der Waals surface area contributed by atoms with Crippen molar-refractivity contribution in [1.29, 1.82) is 0 Å². The first-order valence-electron chi connectivity index (χ1n) is 7.59. The smallest absolute Gasteiger partial charge is 0.346 e. The van der Waals surface area contributed by atoms with Crippen LogP contribution in [0.5, 0.6) is 0 Å². The number of hydrogen-bond donors (Lipinski definition) is 1. The monoisotopic (exact) mass is 263 g/mol. The van der Waals surface area contributed by atoms with Crippen LogP contribution >= 0.6 is 0 Å². The zero-order chi connectivity index (χ0) is 13.7. The van der Waals surface area contributed by atoms with Gasteiger partial charge in [0, 0.05) is 6.54 Å². The Morgan fingerprint density at radius 3 is 2.68 bits per heavy atom. The number of amidine groups is 1. The molecular formula is C15H25N3O. The van der Waals surface area contributed by atoms with Crippen LogP contribution in [0.1, 0.15) is 58.8 Å². The first kappa shape index (κ1) is 12.9. The van der Waals surface area contributed by atoms with Crippen molar-refractivity contribution in [3.63, 3.8) is 0 Å². The molecule has 19 heavy (non-hydrogen) atoms. The molecule has 2 fully saturated rings. The third-order valence-corrected chi connectivity index (χ3v) is 5.24. The van der Waals surface area contributed by atoms with E-state index in [0.29, 0.717) is 17.2 Å². The largest absolute Gasteiger partial charge is 0.385 e. The van der Waals surface area contributed by atoms with Gasteiger partial charge in [-0.2, -0.15) is 4.99 Å². The maximum atomic E-state index is 12.2. The molecule has 2 aliphatic carbocycles. The molecule has 0 radical (unpaired) electrons. The number of aliphatic imine (C=N–C) groups is 1. The Hall–Kier alpha value is -1.06. The average molecular weight is 263 g/mol. The second-order valence-corrected chi connectivity index (χ2v) is 7.38. The SMILES string of the molecule is CC1(C)CCCC2(CC1)C(N)=NC(=O)N2CC1CC1. The van der Waals surface area contributed by atoms with E-state index in [-0.39, 0.29) is 11.6 Å². The van der Waals surface area contributed by atoms with E-state index in [2.05, 4.69) is 18.8 Å². The van der Waals surface area contributed by atoms with Crippen LogP contribution in [0.25, 0.3) is 0 Å². The van der Waals surface area contributed by atoms with E-state index in [1.807, 2.05) is 4.90 Å². The molecule has 3 rings (SSSR count). The quantitative estimate of drug-likeness (QED) is 0.832. The van der Waals surface area contributed by atoms with Gasteiger partial charge in [-0.3, -0.25) is 0 Å². The Balaban J connectivity index is 1.85. The van der Waals surface area contributed by atoms with Gasteiger partial charge in [0.2, 0.25) is 0 Å². The fraction of sp³-hybridized carbons (Fsp3) is 0.867. The molecule has 4 nitrogen and oxygen atoms in total. The lowest BCUT2D eigenvalue weighted by molar-refractivity contribution is 0.153. The number of carbonyl (C=O) groups is 1. The minimum absolute atomic E-state index is 0.0934. The second-order valence-electron chi connectivity index (χ2n) is 7.38. The molecule has 1 unspecified atom stereocenters. The molecule has 0 aromatic heterocycles. The fourth-order valence-electron chi connectivity index (χ4n) is 3.58. The molecule has 0 aromatic rings. The molecule has 2 saturated carbocycles. The highest BCUT2D eigenvalue weighted by Gasteiger charge is 2.50. The van der Waals surface area contributed by atoms with Crippen molar-refractivity contribution in [1.82, 2.24) is 4.90 Å². The lowest BCUT2D eigenvalue weighted by Gasteiger charge is -2.38. The lowest BCUT2D eigenvalue weighted by atomic mass is 9.82. The van der Waals surface area contributed by atoms with Gasteiger partial charge < -0.3 is 10.6 Å². The molecule has 4 heteroatoms. The third kappa shape index (κ3) is 2.26. The molecular weight excluding hydrogens is 238 g/mol. The summed E-state index contributed by atoms with van der Waals surface area (Å²) in [5, 5.41) is 0. The van der Waals surface area contributed by atoms with Crippen LogP contribution in [-0.2, 0) is 0 Å². The molecule has 1 aliphatic heterocycles. The van der Waals surface area contributed by atoms with Crippen LogP contribution < -0.4 is 5.73 Å². The molecule has 0 saturated heterocycles. The fourth-order valence-corrected chi connectivity index (χ4v) is 3.58. The summed E-state index contributed by atoms with van der Waals surface area (Å²) < 4.78 is 0. The Labute approximate surface area is 115 Å². The molecule has 106 valence electrons. The summed E-state index contributed by atoms with van der Waals surface area (Å²) in [5.41, 5.74) is 6.27. The van der Waals surface area contributed by atoms with Crippen molar-refractivity contribution in [2.24, 2.45) is 22.1 Å². The number of amides is 2. The first-order chi connectivity index (χ1) is 8.93. The minimum Gasteiger partial charge on any atom is -0.385 e. The van der Waals surface area contributed by atoms with Crippen LogP contribution in [-0.4, -0.2) is 28.9 Å². The van der Waals surface area contributed by atoms with Crippen molar-refractivity contribution < 1.29 is 4.79 Å². The van der Waals surface area contributed by atoms with Crippen molar-refractivity contribution in [3.8, 4) is 0 Å². The van der Waals surface area contributed by atoms with Crippen LogP contribution in [0.15, 0.2) is 4.99 Å². The third-order valence-electron chi connectivity index (χ3n) is 5.24. The second kappa shape index (κ2) is 4.22. The van der Waals surface area contributed by atoms with Crippen molar-refractivity contribution in [2.75, 3.05) is 6.54 Å². The molecule has 0 aromatic carbocycles. The van der Waals surface area contributed by atoms with E-state index in [9.17, 15) is 4.79 Å². The van der Waals surface area contributed by atoms with Gasteiger partial charge in [0.25, 0.3) is 0 Å². The highest BCUT2D eigenvalue weighted by molar-refractivity contribution is 6.05. The van der Waals surface area contributed by atoms with Crippen LogP contribution in [0, 0.1) is 11.3 Å². The average Bonchev–Trinajstić information content (AvgIpc) is 3.10. The number of urea groups is 1. The number of nitrogens with zero attached hydrogens (tertiary/aromatic N) is 2. The standard InChI is InChI=1S/C15H25N3O/c1-14(2)6-3-7-15(9-8-14)12(16)17-13(19)18(15)10-11-4-5-11/h11H,3-10H2,1-2H3,(H2,16,17,19). The summed E-state index contributed by atoms with van der Waals surface area (Å²) in [6.07, 6.45) is 7.96. The summed E-state index contributed by atoms with van der Waals surface area (Å²) in [6, 6.07) is -0.0934. The van der Waals surface area contributed by atoms with Crippen LogP contribution in [0.4, 0.5) is 4.79 Å². The van der Waals surface area contributed by atoms with Gasteiger partial charge in [-0.1, -0.05) is 20.3 Å². The number of carbonyl (C=O) groups excluding carboxylic acids is 1. The summed E-state index contributed by atoms with van der Waals surface area (Å²) in [6.45, 7) is 5.51. The molecule has 0 bridgehead atoms. The molecule has 2 amide bonds. The molecule has 1 heterocycles. The highest BCUT2D eigenvalue weighted by Crippen LogP contribution is 2.44. The lowest BCUT2D eigenvalue weighted by Crippen LogP contribution is -2.54. The molecule has 1 atom stereocenters. The first-order valence-corrected chi connectivity index (χ1v) is 7.59.